The van der Waals surface area contributed by atoms with Gasteiger partial charge < -0.3 is 15.3 Å². The Morgan fingerprint density at radius 2 is 1.81 bits per heavy atom. The molecule has 2 aromatic heterocycles. The number of benzene rings is 2. The Hall–Kier alpha value is -3.19. The van der Waals surface area contributed by atoms with Gasteiger partial charge in [0, 0.05) is 66.0 Å². The Labute approximate surface area is 180 Å². The molecule has 2 aromatic carbocycles. The zero-order valence-electron chi connectivity index (χ0n) is 18.1. The minimum absolute atomic E-state index is 0.124. The quantitative estimate of drug-likeness (QED) is 0.512. The Kier molecular flexibility index (Phi) is 4.59. The van der Waals surface area contributed by atoms with Crippen molar-refractivity contribution < 1.29 is 9.50 Å². The molecule has 0 aliphatic carbocycles. The van der Waals surface area contributed by atoms with Gasteiger partial charge in [0.15, 0.2) is 5.82 Å². The van der Waals surface area contributed by atoms with Gasteiger partial charge in [-0.2, -0.15) is 5.10 Å². The Morgan fingerprint density at radius 1 is 1.06 bits per heavy atom. The molecule has 0 bridgehead atoms. The van der Waals surface area contributed by atoms with Crippen molar-refractivity contribution in [3.63, 3.8) is 0 Å². The monoisotopic (exact) mass is 419 g/mol. The van der Waals surface area contributed by atoms with Crippen LogP contribution in [-0.4, -0.2) is 45.0 Å². The number of rotatable bonds is 2. The lowest BCUT2D eigenvalue weighted by molar-refractivity contribution is 0.407. The Morgan fingerprint density at radius 3 is 2.55 bits per heavy atom. The first-order chi connectivity index (χ1) is 14.8. The molecule has 0 saturated carbocycles. The molecule has 3 heterocycles. The van der Waals surface area contributed by atoms with Crippen molar-refractivity contribution in [3.05, 3.63) is 47.9 Å². The number of halogens is 1. The topological polar surface area (TPSA) is 66.2 Å². The van der Waals surface area contributed by atoms with Crippen LogP contribution in [0.2, 0.25) is 0 Å². The van der Waals surface area contributed by atoms with Crippen LogP contribution in [0.3, 0.4) is 0 Å². The average Bonchev–Trinajstić information content (AvgIpc) is 3.10. The predicted molar refractivity (Wildman–Crippen MR) is 122 cm³/mol. The third kappa shape index (κ3) is 3.39. The van der Waals surface area contributed by atoms with Crippen LogP contribution in [0.4, 0.5) is 10.1 Å². The summed E-state index contributed by atoms with van der Waals surface area (Å²) in [5.74, 6) is -0.231. The molecule has 1 fully saturated rings. The van der Waals surface area contributed by atoms with Gasteiger partial charge in [-0.25, -0.2) is 9.37 Å². The molecule has 1 aliphatic heterocycles. The lowest BCUT2D eigenvalue weighted by Gasteiger charge is -2.37. The third-order valence-electron chi connectivity index (χ3n) is 6.05. The third-order valence-corrected chi connectivity index (χ3v) is 6.05. The normalized spacial score (nSPS) is 19.5. The van der Waals surface area contributed by atoms with E-state index in [1.165, 1.54) is 0 Å². The summed E-state index contributed by atoms with van der Waals surface area (Å²) in [6.45, 7) is 7.78. The van der Waals surface area contributed by atoms with E-state index in [4.69, 9.17) is 0 Å². The van der Waals surface area contributed by atoms with Crippen molar-refractivity contribution in [1.29, 1.82) is 0 Å². The summed E-state index contributed by atoms with van der Waals surface area (Å²) in [6.07, 6.45) is 1.90. The zero-order chi connectivity index (χ0) is 21.9. The number of phenolic OH excluding ortho intramolecular Hbond substituents is 1. The van der Waals surface area contributed by atoms with Crippen LogP contribution in [-0.2, 0) is 7.05 Å². The lowest BCUT2D eigenvalue weighted by Crippen LogP contribution is -2.54. The summed E-state index contributed by atoms with van der Waals surface area (Å²) in [5, 5.41) is 20.3. The Balaban J connectivity index is 1.59. The first-order valence-electron chi connectivity index (χ1n) is 10.6. The largest absolute Gasteiger partial charge is 0.507 e. The summed E-state index contributed by atoms with van der Waals surface area (Å²) in [5.41, 5.74) is 3.73. The van der Waals surface area contributed by atoms with Gasteiger partial charge in [-0.15, -0.1) is 0 Å². The van der Waals surface area contributed by atoms with Crippen molar-refractivity contribution in [1.82, 2.24) is 20.1 Å². The van der Waals surface area contributed by atoms with Gasteiger partial charge in [-0.1, -0.05) is 6.07 Å². The highest BCUT2D eigenvalue weighted by atomic mass is 19.1. The minimum Gasteiger partial charge on any atom is -0.507 e. The second kappa shape index (κ2) is 7.20. The van der Waals surface area contributed by atoms with Gasteiger partial charge in [0.25, 0.3) is 0 Å². The van der Waals surface area contributed by atoms with Crippen LogP contribution in [0.25, 0.3) is 33.1 Å². The van der Waals surface area contributed by atoms with Crippen molar-refractivity contribution in [3.8, 4) is 17.0 Å². The van der Waals surface area contributed by atoms with Gasteiger partial charge in [0.1, 0.15) is 11.3 Å². The summed E-state index contributed by atoms with van der Waals surface area (Å²) in [6, 6.07) is 9.82. The van der Waals surface area contributed by atoms with Crippen LogP contribution >= 0.6 is 0 Å². The molecule has 0 radical (unpaired) electrons. The molecule has 0 amide bonds. The maximum absolute atomic E-state index is 15.1. The number of phenols is 1. The molecule has 5 rings (SSSR count). The smallest absolute Gasteiger partial charge is 0.151 e. The molecule has 4 aromatic rings. The van der Waals surface area contributed by atoms with Crippen molar-refractivity contribution in [2.45, 2.75) is 32.9 Å². The number of hydrogen-bond acceptors (Lipinski definition) is 5. The number of anilines is 1. The number of hydrogen-bond donors (Lipinski definition) is 2. The molecule has 6 nitrogen and oxygen atoms in total. The van der Waals surface area contributed by atoms with Crippen LogP contribution in [0.15, 0.2) is 36.5 Å². The van der Waals surface area contributed by atoms with Gasteiger partial charge in [-0.05, 0) is 45.0 Å². The zero-order valence-corrected chi connectivity index (χ0v) is 18.1. The fourth-order valence-corrected chi connectivity index (χ4v) is 4.68. The van der Waals surface area contributed by atoms with Gasteiger partial charge in [0.2, 0.25) is 0 Å². The van der Waals surface area contributed by atoms with E-state index in [0.717, 1.165) is 35.1 Å². The predicted octanol–water partition coefficient (Wildman–Crippen LogP) is 4.13. The maximum atomic E-state index is 15.1. The van der Waals surface area contributed by atoms with E-state index in [9.17, 15) is 5.11 Å². The molecule has 7 heteroatoms. The van der Waals surface area contributed by atoms with E-state index >= 15 is 4.39 Å². The molecule has 160 valence electrons. The van der Waals surface area contributed by atoms with Crippen molar-refractivity contribution in [2.24, 2.45) is 7.05 Å². The summed E-state index contributed by atoms with van der Waals surface area (Å²) >= 11 is 0. The van der Waals surface area contributed by atoms with E-state index in [0.29, 0.717) is 34.4 Å². The van der Waals surface area contributed by atoms with E-state index < -0.39 is 0 Å². The lowest BCUT2D eigenvalue weighted by atomic mass is 10.0. The van der Waals surface area contributed by atoms with Crippen LogP contribution in [0, 0.1) is 12.7 Å². The highest BCUT2D eigenvalue weighted by Gasteiger charge is 2.22. The summed E-state index contributed by atoms with van der Waals surface area (Å²) in [7, 11) is 1.84. The molecule has 2 N–H and O–H groups in total. The SMILES string of the molecule is Cc1c(O)c(-c2ccc3cc(N4C[C@H](C)N[C@@H](C)C4)cc(F)c3n2)cc2cn(C)nc12. The highest BCUT2D eigenvalue weighted by molar-refractivity contribution is 5.92. The first-order valence-corrected chi connectivity index (χ1v) is 10.6. The highest BCUT2D eigenvalue weighted by Crippen LogP contribution is 2.37. The van der Waals surface area contributed by atoms with Gasteiger partial charge in [0.05, 0.1) is 11.2 Å². The van der Waals surface area contributed by atoms with Crippen LogP contribution in [0.5, 0.6) is 5.75 Å². The second-order valence-corrected chi connectivity index (χ2v) is 8.71. The number of aromatic nitrogens is 3. The maximum Gasteiger partial charge on any atom is 0.151 e. The standard InChI is InChI=1S/C24H26FN5O/c1-13-10-30(11-14(2)26-13)18-7-16-5-6-21(27-23(16)20(25)9-18)19-8-17-12-29(4)28-22(17)15(3)24(19)31/h5-9,12-14,26,31H,10-11H2,1-4H3/t13-,14-/m0/s1. The second-order valence-electron chi connectivity index (χ2n) is 8.71. The van der Waals surface area contributed by atoms with E-state index in [-0.39, 0.29) is 11.6 Å². The van der Waals surface area contributed by atoms with Crippen molar-refractivity contribution in [2.75, 3.05) is 18.0 Å². The van der Waals surface area contributed by atoms with E-state index in [2.05, 4.69) is 34.1 Å². The molecule has 1 aliphatic rings. The summed E-state index contributed by atoms with van der Waals surface area (Å²) in [4.78, 5) is 6.80. The molecular formula is C24H26FN5O. The van der Waals surface area contributed by atoms with E-state index in [1.807, 2.05) is 44.4 Å². The first kappa shape index (κ1) is 19.8. The molecule has 0 unspecified atom stereocenters. The van der Waals surface area contributed by atoms with Gasteiger partial charge >= 0.3 is 0 Å². The fraction of sp³-hybridized carbons (Fsp3) is 0.333. The fourth-order valence-electron chi connectivity index (χ4n) is 4.68. The number of nitrogens with one attached hydrogen (secondary N) is 1. The molecule has 0 spiro atoms. The van der Waals surface area contributed by atoms with Crippen LogP contribution < -0.4 is 10.2 Å². The van der Waals surface area contributed by atoms with E-state index in [1.54, 1.807) is 10.7 Å². The molecule has 31 heavy (non-hydrogen) atoms. The van der Waals surface area contributed by atoms with Crippen LogP contribution in [0.1, 0.15) is 19.4 Å². The number of nitrogens with zero attached hydrogens (tertiary/aromatic N) is 4. The number of piperazine rings is 1. The number of fused-ring (bicyclic) bond motifs is 2. The number of aryl methyl sites for hydroxylation is 2. The average molecular weight is 420 g/mol. The number of pyridine rings is 1. The van der Waals surface area contributed by atoms with Gasteiger partial charge in [-0.3, -0.25) is 4.68 Å². The molecule has 2 atom stereocenters. The Bertz CT molecular complexity index is 1300. The van der Waals surface area contributed by atoms with Crippen molar-refractivity contribution >= 4 is 27.5 Å². The molecule has 1 saturated heterocycles. The minimum atomic E-state index is -0.355. The molecular weight excluding hydrogens is 393 g/mol. The summed E-state index contributed by atoms with van der Waals surface area (Å²) < 4.78 is 16.9. The number of aromatic hydroxyl groups is 1.